The number of hydrogen-bond acceptors (Lipinski definition) is 1. The lowest BCUT2D eigenvalue weighted by Gasteiger charge is -2.36. The van der Waals surface area contributed by atoms with Gasteiger partial charge in [-0.2, -0.15) is 0 Å². The summed E-state index contributed by atoms with van der Waals surface area (Å²) in [5, 5.41) is 0. The van der Waals surface area contributed by atoms with E-state index < -0.39 is 5.41 Å². The van der Waals surface area contributed by atoms with Crippen LogP contribution in [-0.2, 0) is 10.2 Å². The summed E-state index contributed by atoms with van der Waals surface area (Å²) in [7, 11) is 0. The van der Waals surface area contributed by atoms with E-state index in [9.17, 15) is 4.79 Å². The SMILES string of the molecule is O=C1C=Cc2cc(Br)ccc2C12C(c1ccccc1)=C(c1ccccc1)c1ccccc12. The summed E-state index contributed by atoms with van der Waals surface area (Å²) in [4.78, 5) is 14.1. The number of allylic oxidation sites excluding steroid dienone is 2. The van der Waals surface area contributed by atoms with Crippen LogP contribution in [0, 0.1) is 0 Å². The lowest BCUT2D eigenvalue weighted by Crippen LogP contribution is -2.38. The van der Waals surface area contributed by atoms with Gasteiger partial charge in [0.2, 0.25) is 0 Å². The molecule has 6 rings (SSSR count). The molecule has 0 aliphatic heterocycles. The van der Waals surface area contributed by atoms with E-state index in [-0.39, 0.29) is 5.78 Å². The van der Waals surface area contributed by atoms with E-state index in [1.54, 1.807) is 6.08 Å². The molecular weight excluding hydrogens is 456 g/mol. The molecule has 2 aliphatic carbocycles. The monoisotopic (exact) mass is 474 g/mol. The molecule has 0 radical (unpaired) electrons. The van der Waals surface area contributed by atoms with Crippen molar-refractivity contribution in [2.45, 2.75) is 5.41 Å². The molecule has 152 valence electrons. The van der Waals surface area contributed by atoms with Crippen molar-refractivity contribution in [1.82, 2.24) is 0 Å². The minimum Gasteiger partial charge on any atom is -0.293 e. The van der Waals surface area contributed by atoms with Crippen molar-refractivity contribution < 1.29 is 4.79 Å². The van der Waals surface area contributed by atoms with Crippen LogP contribution in [0.1, 0.15) is 33.4 Å². The number of ketones is 1. The average molecular weight is 475 g/mol. The molecule has 2 heteroatoms. The molecule has 0 amide bonds. The van der Waals surface area contributed by atoms with Crippen LogP contribution in [0.5, 0.6) is 0 Å². The molecule has 0 saturated carbocycles. The molecule has 0 saturated heterocycles. The Balaban J connectivity index is 1.82. The molecule has 4 aromatic carbocycles. The topological polar surface area (TPSA) is 17.1 Å². The fourth-order valence-electron chi connectivity index (χ4n) is 5.33. The van der Waals surface area contributed by atoms with Crippen molar-refractivity contribution in [1.29, 1.82) is 0 Å². The van der Waals surface area contributed by atoms with Crippen LogP contribution in [0.25, 0.3) is 17.2 Å². The number of hydrogen-bond donors (Lipinski definition) is 0. The van der Waals surface area contributed by atoms with Crippen LogP contribution in [0.15, 0.2) is 114 Å². The van der Waals surface area contributed by atoms with Crippen LogP contribution in [0.4, 0.5) is 0 Å². The van der Waals surface area contributed by atoms with Crippen molar-refractivity contribution in [2.75, 3.05) is 0 Å². The molecule has 0 aromatic heterocycles. The van der Waals surface area contributed by atoms with Gasteiger partial charge in [0.1, 0.15) is 5.41 Å². The van der Waals surface area contributed by atoms with E-state index >= 15 is 0 Å². The molecule has 32 heavy (non-hydrogen) atoms. The second kappa shape index (κ2) is 7.29. The first-order valence-corrected chi connectivity index (χ1v) is 11.5. The molecular formula is C30H19BrO. The molecule has 4 aromatic rings. The highest BCUT2D eigenvalue weighted by Gasteiger charge is 2.53. The second-order valence-electron chi connectivity index (χ2n) is 8.21. The maximum absolute atomic E-state index is 14.1. The molecule has 0 N–H and O–H groups in total. The van der Waals surface area contributed by atoms with E-state index in [0.29, 0.717) is 0 Å². The number of carbonyl (C=O) groups excluding carboxylic acids is 1. The van der Waals surface area contributed by atoms with E-state index in [2.05, 4.69) is 82.7 Å². The van der Waals surface area contributed by atoms with Gasteiger partial charge in [-0.05, 0) is 62.7 Å². The molecule has 0 bridgehead atoms. The Labute approximate surface area is 195 Å². The summed E-state index contributed by atoms with van der Waals surface area (Å²) < 4.78 is 1.00. The van der Waals surface area contributed by atoms with Crippen molar-refractivity contribution in [3.05, 3.63) is 147 Å². The highest BCUT2D eigenvalue weighted by atomic mass is 79.9. The fourth-order valence-corrected chi connectivity index (χ4v) is 5.71. The summed E-state index contributed by atoms with van der Waals surface area (Å²) in [6, 6.07) is 35.4. The van der Waals surface area contributed by atoms with Crippen LogP contribution in [0.2, 0.25) is 0 Å². The largest absolute Gasteiger partial charge is 0.293 e. The summed E-state index contributed by atoms with van der Waals surface area (Å²) in [5.41, 5.74) is 7.77. The van der Waals surface area contributed by atoms with Gasteiger partial charge in [-0.15, -0.1) is 0 Å². The molecule has 1 atom stereocenters. The predicted molar refractivity (Wildman–Crippen MR) is 134 cm³/mol. The normalized spacial score (nSPS) is 18.7. The van der Waals surface area contributed by atoms with Crippen LogP contribution in [-0.4, -0.2) is 5.78 Å². The zero-order valence-corrected chi connectivity index (χ0v) is 18.8. The van der Waals surface area contributed by atoms with Gasteiger partial charge >= 0.3 is 0 Å². The van der Waals surface area contributed by atoms with E-state index in [1.165, 1.54) is 0 Å². The molecule has 0 fully saturated rings. The van der Waals surface area contributed by atoms with Gasteiger partial charge in [0.15, 0.2) is 5.78 Å². The minimum atomic E-state index is -0.881. The Hall–Kier alpha value is -3.49. The third kappa shape index (κ3) is 2.60. The minimum absolute atomic E-state index is 0.101. The highest BCUT2D eigenvalue weighted by Crippen LogP contribution is 2.58. The van der Waals surface area contributed by atoms with Crippen LogP contribution >= 0.6 is 15.9 Å². The first-order chi connectivity index (χ1) is 15.7. The van der Waals surface area contributed by atoms with Crippen LogP contribution < -0.4 is 0 Å². The highest BCUT2D eigenvalue weighted by molar-refractivity contribution is 9.10. The van der Waals surface area contributed by atoms with Crippen molar-refractivity contribution >= 4 is 38.9 Å². The number of halogens is 1. The Morgan fingerprint density at radius 2 is 1.28 bits per heavy atom. The number of carbonyl (C=O) groups is 1. The molecule has 1 spiro atoms. The average Bonchev–Trinajstić information content (AvgIpc) is 3.14. The molecule has 1 unspecified atom stereocenters. The standard InChI is InChI=1S/C30H19BrO/c31-23-16-17-25-22(19-23)15-18-27(32)30(25)26-14-8-7-13-24(26)28(20-9-3-1-4-10-20)29(30)21-11-5-2-6-12-21/h1-19H. The fraction of sp³-hybridized carbons (Fsp3) is 0.0333. The number of benzene rings is 4. The van der Waals surface area contributed by atoms with Crippen molar-refractivity contribution in [3.8, 4) is 0 Å². The van der Waals surface area contributed by atoms with Crippen molar-refractivity contribution in [3.63, 3.8) is 0 Å². The zero-order chi connectivity index (χ0) is 21.7. The Bertz CT molecular complexity index is 1430. The first-order valence-electron chi connectivity index (χ1n) is 10.7. The summed E-state index contributed by atoms with van der Waals surface area (Å²) in [6.07, 6.45) is 3.70. The smallest absolute Gasteiger partial charge is 0.175 e. The molecule has 2 aliphatic rings. The van der Waals surface area contributed by atoms with Gasteiger partial charge in [0, 0.05) is 4.47 Å². The maximum atomic E-state index is 14.1. The molecule has 0 heterocycles. The van der Waals surface area contributed by atoms with E-state index in [0.717, 1.165) is 49.0 Å². The van der Waals surface area contributed by atoms with E-state index in [1.807, 2.05) is 42.5 Å². The summed E-state index contributed by atoms with van der Waals surface area (Å²) >= 11 is 3.61. The lowest BCUT2D eigenvalue weighted by atomic mass is 9.63. The van der Waals surface area contributed by atoms with Gasteiger partial charge in [-0.1, -0.05) is 113 Å². The third-order valence-electron chi connectivity index (χ3n) is 6.55. The van der Waals surface area contributed by atoms with Gasteiger partial charge in [0.05, 0.1) is 0 Å². The Morgan fingerprint density at radius 3 is 2.03 bits per heavy atom. The van der Waals surface area contributed by atoms with Gasteiger partial charge in [-0.3, -0.25) is 4.79 Å². The van der Waals surface area contributed by atoms with Crippen LogP contribution in [0.3, 0.4) is 0 Å². The van der Waals surface area contributed by atoms with Gasteiger partial charge in [-0.25, -0.2) is 0 Å². The maximum Gasteiger partial charge on any atom is 0.175 e. The first kappa shape index (κ1) is 19.2. The van der Waals surface area contributed by atoms with E-state index in [4.69, 9.17) is 0 Å². The predicted octanol–water partition coefficient (Wildman–Crippen LogP) is 7.30. The third-order valence-corrected chi connectivity index (χ3v) is 7.05. The second-order valence-corrected chi connectivity index (χ2v) is 9.12. The lowest BCUT2D eigenvalue weighted by molar-refractivity contribution is -0.116. The summed E-state index contributed by atoms with van der Waals surface area (Å²) in [6.45, 7) is 0. The molecule has 1 nitrogen and oxygen atoms in total. The zero-order valence-electron chi connectivity index (χ0n) is 17.3. The quantitative estimate of drug-likeness (QED) is 0.297. The Morgan fingerprint density at radius 1 is 0.625 bits per heavy atom. The number of fused-ring (bicyclic) bond motifs is 4. The Kier molecular flexibility index (Phi) is 4.38. The van der Waals surface area contributed by atoms with Crippen molar-refractivity contribution in [2.24, 2.45) is 0 Å². The number of rotatable bonds is 2. The van der Waals surface area contributed by atoms with Gasteiger partial charge < -0.3 is 0 Å². The van der Waals surface area contributed by atoms with Gasteiger partial charge in [0.25, 0.3) is 0 Å². The summed E-state index contributed by atoms with van der Waals surface area (Å²) in [5.74, 6) is 0.101.